The first-order chi connectivity index (χ1) is 6.24. The van der Waals surface area contributed by atoms with Crippen LogP contribution >= 0.6 is 0 Å². The molecule has 2 rings (SSSR count). The van der Waals surface area contributed by atoms with E-state index in [2.05, 4.69) is 32.0 Å². The zero-order valence-corrected chi connectivity index (χ0v) is 8.04. The smallest absolute Gasteiger partial charge is 0.119 e. The number of ether oxygens (including phenoxy) is 2. The Labute approximate surface area is 78.5 Å². The van der Waals surface area contributed by atoms with Gasteiger partial charge in [-0.2, -0.15) is 0 Å². The van der Waals surface area contributed by atoms with Crippen molar-refractivity contribution in [2.75, 3.05) is 13.2 Å². The molecule has 1 unspecified atom stereocenters. The fraction of sp³-hybridized carbons (Fsp3) is 0.455. The summed E-state index contributed by atoms with van der Waals surface area (Å²) in [6.45, 7) is 5.69. The lowest BCUT2D eigenvalue weighted by atomic mass is 10.1. The lowest BCUT2D eigenvalue weighted by molar-refractivity contribution is 0.263. The quantitative estimate of drug-likeness (QED) is 0.661. The van der Waals surface area contributed by atoms with E-state index in [0.717, 1.165) is 12.4 Å². The van der Waals surface area contributed by atoms with Crippen molar-refractivity contribution >= 4 is 0 Å². The van der Waals surface area contributed by atoms with Crippen molar-refractivity contribution in [2.24, 2.45) is 0 Å². The van der Waals surface area contributed by atoms with Crippen LogP contribution in [0.4, 0.5) is 0 Å². The molecule has 1 saturated heterocycles. The van der Waals surface area contributed by atoms with Gasteiger partial charge in [0.1, 0.15) is 18.5 Å². The van der Waals surface area contributed by atoms with E-state index >= 15 is 0 Å². The van der Waals surface area contributed by atoms with E-state index in [9.17, 15) is 0 Å². The third-order valence-electron chi connectivity index (χ3n) is 2.03. The monoisotopic (exact) mass is 178 g/mol. The second kappa shape index (κ2) is 3.38. The largest absolute Gasteiger partial charge is 0.491 e. The number of aryl methyl sites for hydroxylation is 2. The molecule has 1 aliphatic rings. The first-order valence-electron chi connectivity index (χ1n) is 4.57. The summed E-state index contributed by atoms with van der Waals surface area (Å²) in [6.07, 6.45) is 0.334. The predicted molar refractivity (Wildman–Crippen MR) is 51.2 cm³/mol. The fourth-order valence-corrected chi connectivity index (χ4v) is 1.37. The summed E-state index contributed by atoms with van der Waals surface area (Å²) in [4.78, 5) is 0. The Kier molecular flexibility index (Phi) is 2.23. The zero-order chi connectivity index (χ0) is 9.26. The molecular formula is C11H14O2. The van der Waals surface area contributed by atoms with Gasteiger partial charge < -0.3 is 9.47 Å². The Morgan fingerprint density at radius 1 is 1.31 bits per heavy atom. The molecule has 0 N–H and O–H groups in total. The van der Waals surface area contributed by atoms with Gasteiger partial charge in [-0.3, -0.25) is 0 Å². The molecule has 2 nitrogen and oxygen atoms in total. The maximum Gasteiger partial charge on any atom is 0.119 e. The number of benzene rings is 1. The van der Waals surface area contributed by atoms with Gasteiger partial charge in [0.15, 0.2) is 0 Å². The normalized spacial score (nSPS) is 20.0. The van der Waals surface area contributed by atoms with Crippen LogP contribution in [0.5, 0.6) is 5.75 Å². The van der Waals surface area contributed by atoms with Crippen molar-refractivity contribution in [3.8, 4) is 5.75 Å². The Morgan fingerprint density at radius 3 is 2.46 bits per heavy atom. The van der Waals surface area contributed by atoms with Gasteiger partial charge in [0, 0.05) is 0 Å². The van der Waals surface area contributed by atoms with Crippen LogP contribution in [0, 0.1) is 13.8 Å². The summed E-state index contributed by atoms with van der Waals surface area (Å²) in [5.41, 5.74) is 2.48. The van der Waals surface area contributed by atoms with E-state index in [1.807, 2.05) is 0 Å². The van der Waals surface area contributed by atoms with Crippen molar-refractivity contribution < 1.29 is 9.47 Å². The summed E-state index contributed by atoms with van der Waals surface area (Å²) < 4.78 is 10.6. The average Bonchev–Trinajstić information content (AvgIpc) is 2.81. The molecule has 13 heavy (non-hydrogen) atoms. The lowest BCUT2D eigenvalue weighted by Crippen LogP contribution is -2.04. The van der Waals surface area contributed by atoms with Gasteiger partial charge >= 0.3 is 0 Å². The lowest BCUT2D eigenvalue weighted by Gasteiger charge is -2.06. The van der Waals surface area contributed by atoms with Crippen LogP contribution in [0.3, 0.4) is 0 Å². The number of epoxide rings is 1. The van der Waals surface area contributed by atoms with E-state index in [-0.39, 0.29) is 0 Å². The second-order valence-electron chi connectivity index (χ2n) is 3.59. The summed E-state index contributed by atoms with van der Waals surface area (Å²) in [7, 11) is 0. The highest BCUT2D eigenvalue weighted by Gasteiger charge is 2.22. The van der Waals surface area contributed by atoms with Crippen molar-refractivity contribution in [1.82, 2.24) is 0 Å². The number of hydrogen-bond acceptors (Lipinski definition) is 2. The molecule has 1 aromatic carbocycles. The molecule has 0 spiro atoms. The van der Waals surface area contributed by atoms with Gasteiger partial charge in [-0.1, -0.05) is 6.07 Å². The Bertz CT molecular complexity index is 283. The first-order valence-corrected chi connectivity index (χ1v) is 4.57. The molecule has 0 aliphatic carbocycles. The molecule has 1 aromatic rings. The molecule has 70 valence electrons. The van der Waals surface area contributed by atoms with E-state index in [0.29, 0.717) is 12.7 Å². The molecule has 0 bridgehead atoms. The standard InChI is InChI=1S/C11H14O2/c1-8-3-9(2)5-10(4-8)12-6-11-7-13-11/h3-5,11H,6-7H2,1-2H3. The van der Waals surface area contributed by atoms with Crippen LogP contribution in [-0.4, -0.2) is 19.3 Å². The highest BCUT2D eigenvalue weighted by molar-refractivity contribution is 5.33. The third-order valence-corrected chi connectivity index (χ3v) is 2.03. The van der Waals surface area contributed by atoms with Crippen LogP contribution in [0.2, 0.25) is 0 Å². The molecule has 1 atom stereocenters. The van der Waals surface area contributed by atoms with Crippen LogP contribution in [0.25, 0.3) is 0 Å². The van der Waals surface area contributed by atoms with Crippen LogP contribution in [0.1, 0.15) is 11.1 Å². The number of rotatable bonds is 3. The minimum Gasteiger partial charge on any atom is -0.491 e. The molecule has 0 radical (unpaired) electrons. The Hall–Kier alpha value is -1.02. The van der Waals surface area contributed by atoms with E-state index in [1.54, 1.807) is 0 Å². The van der Waals surface area contributed by atoms with Gasteiger partial charge in [0.2, 0.25) is 0 Å². The molecule has 0 aromatic heterocycles. The van der Waals surface area contributed by atoms with E-state index < -0.39 is 0 Å². The van der Waals surface area contributed by atoms with Gasteiger partial charge in [-0.05, 0) is 37.1 Å². The maximum atomic E-state index is 5.57. The predicted octanol–water partition coefficient (Wildman–Crippen LogP) is 2.08. The Morgan fingerprint density at radius 2 is 1.92 bits per heavy atom. The van der Waals surface area contributed by atoms with E-state index in [1.165, 1.54) is 11.1 Å². The maximum absolute atomic E-state index is 5.57. The summed E-state index contributed by atoms with van der Waals surface area (Å²) in [5.74, 6) is 0.952. The average molecular weight is 178 g/mol. The minimum absolute atomic E-state index is 0.334. The van der Waals surface area contributed by atoms with Gasteiger partial charge in [0.05, 0.1) is 6.61 Å². The van der Waals surface area contributed by atoms with Crippen molar-refractivity contribution in [1.29, 1.82) is 0 Å². The molecule has 0 saturated carbocycles. The summed E-state index contributed by atoms with van der Waals surface area (Å²) in [5, 5.41) is 0. The Balaban J connectivity index is 2.01. The van der Waals surface area contributed by atoms with Gasteiger partial charge in [-0.15, -0.1) is 0 Å². The topological polar surface area (TPSA) is 21.8 Å². The fourth-order valence-electron chi connectivity index (χ4n) is 1.37. The highest BCUT2D eigenvalue weighted by atomic mass is 16.6. The molecule has 0 amide bonds. The first kappa shape index (κ1) is 8.57. The van der Waals surface area contributed by atoms with Crippen LogP contribution in [-0.2, 0) is 4.74 Å². The van der Waals surface area contributed by atoms with Crippen LogP contribution < -0.4 is 4.74 Å². The van der Waals surface area contributed by atoms with E-state index in [4.69, 9.17) is 9.47 Å². The molecule has 1 heterocycles. The van der Waals surface area contributed by atoms with Crippen LogP contribution in [0.15, 0.2) is 18.2 Å². The number of hydrogen-bond donors (Lipinski definition) is 0. The third kappa shape index (κ3) is 2.46. The molecule has 2 heteroatoms. The van der Waals surface area contributed by atoms with Gasteiger partial charge in [-0.25, -0.2) is 0 Å². The van der Waals surface area contributed by atoms with Crippen molar-refractivity contribution in [3.63, 3.8) is 0 Å². The minimum atomic E-state index is 0.334. The molecular weight excluding hydrogens is 164 g/mol. The van der Waals surface area contributed by atoms with Crippen molar-refractivity contribution in [2.45, 2.75) is 20.0 Å². The second-order valence-corrected chi connectivity index (χ2v) is 3.59. The highest BCUT2D eigenvalue weighted by Crippen LogP contribution is 2.18. The molecule has 1 aliphatic heterocycles. The SMILES string of the molecule is Cc1cc(C)cc(OCC2CO2)c1. The summed E-state index contributed by atoms with van der Waals surface area (Å²) in [6, 6.07) is 6.24. The molecule has 1 fully saturated rings. The van der Waals surface area contributed by atoms with Gasteiger partial charge in [0.25, 0.3) is 0 Å². The van der Waals surface area contributed by atoms with Crippen molar-refractivity contribution in [3.05, 3.63) is 29.3 Å². The summed E-state index contributed by atoms with van der Waals surface area (Å²) >= 11 is 0. The zero-order valence-electron chi connectivity index (χ0n) is 8.04.